The normalized spacial score (nSPS) is 25.2. The molecule has 21 heavy (non-hydrogen) atoms. The van der Waals surface area contributed by atoms with Gasteiger partial charge in [0, 0.05) is 0 Å². The van der Waals surface area contributed by atoms with Crippen LogP contribution in [0, 0.1) is 0 Å². The molecule has 1 N–H and O–H groups in total. The molecule has 5 nitrogen and oxygen atoms in total. The third kappa shape index (κ3) is 5.78. The summed E-state index contributed by atoms with van der Waals surface area (Å²) < 4.78 is 0. The number of carbonyl (C=O) groups is 1. The van der Waals surface area contributed by atoms with Crippen LogP contribution in [0.4, 0.5) is 0 Å². The van der Waals surface area contributed by atoms with Crippen LogP contribution in [0.25, 0.3) is 0 Å². The molecule has 2 rings (SSSR count). The van der Waals surface area contributed by atoms with Gasteiger partial charge in [-0.2, -0.15) is 0 Å². The molecule has 0 aromatic rings. The van der Waals surface area contributed by atoms with Crippen LogP contribution in [-0.4, -0.2) is 17.9 Å². The summed E-state index contributed by atoms with van der Waals surface area (Å²) in [6.45, 7) is 3.52. The fourth-order valence-electron chi connectivity index (χ4n) is 2.85. The van der Waals surface area contributed by atoms with Crippen LogP contribution in [-0.2, 0) is 4.79 Å². The van der Waals surface area contributed by atoms with Gasteiger partial charge in [-0.25, -0.2) is 4.99 Å². The lowest BCUT2D eigenvalue weighted by Gasteiger charge is -2.16. The first-order valence-electron chi connectivity index (χ1n) is 8.25. The summed E-state index contributed by atoms with van der Waals surface area (Å²) in [5.41, 5.74) is 0.146. The SMILES string of the molecule is C=C1N=NC(=NC2CCCCCCCCCCC2)NC1=O. The van der Waals surface area contributed by atoms with Crippen molar-refractivity contribution < 1.29 is 4.79 Å². The highest BCUT2D eigenvalue weighted by molar-refractivity contribution is 6.06. The van der Waals surface area contributed by atoms with E-state index < -0.39 is 0 Å². The van der Waals surface area contributed by atoms with E-state index in [0.29, 0.717) is 5.96 Å². The molecule has 1 fully saturated rings. The van der Waals surface area contributed by atoms with Gasteiger partial charge < -0.3 is 0 Å². The zero-order valence-electron chi connectivity index (χ0n) is 12.8. The average Bonchev–Trinajstić information content (AvgIpc) is 2.46. The highest BCUT2D eigenvalue weighted by atomic mass is 16.2. The van der Waals surface area contributed by atoms with Gasteiger partial charge >= 0.3 is 0 Å². The number of guanidine groups is 1. The Kier molecular flexibility index (Phi) is 6.57. The zero-order valence-corrected chi connectivity index (χ0v) is 12.8. The van der Waals surface area contributed by atoms with Gasteiger partial charge in [0.05, 0.1) is 6.04 Å². The van der Waals surface area contributed by atoms with Crippen LogP contribution >= 0.6 is 0 Å². The Morgan fingerprint density at radius 3 is 1.95 bits per heavy atom. The largest absolute Gasteiger partial charge is 0.288 e. The first-order chi connectivity index (χ1) is 10.3. The Hall–Kier alpha value is -1.52. The minimum absolute atomic E-state index is 0.146. The summed E-state index contributed by atoms with van der Waals surface area (Å²) in [5, 5.41) is 10.3. The minimum atomic E-state index is -0.295. The van der Waals surface area contributed by atoms with Crippen LogP contribution in [0.15, 0.2) is 27.5 Å². The molecule has 1 aliphatic heterocycles. The molecule has 0 bridgehead atoms. The predicted molar refractivity (Wildman–Crippen MR) is 84.1 cm³/mol. The van der Waals surface area contributed by atoms with E-state index in [9.17, 15) is 4.79 Å². The van der Waals surface area contributed by atoms with E-state index in [1.54, 1.807) is 0 Å². The monoisotopic (exact) mass is 290 g/mol. The molecule has 0 aromatic heterocycles. The lowest BCUT2D eigenvalue weighted by molar-refractivity contribution is -0.116. The zero-order chi connectivity index (χ0) is 14.9. The van der Waals surface area contributed by atoms with Crippen molar-refractivity contribution in [2.75, 3.05) is 0 Å². The lowest BCUT2D eigenvalue weighted by Crippen LogP contribution is -2.33. The molecule has 0 spiro atoms. The van der Waals surface area contributed by atoms with Crippen molar-refractivity contribution in [2.24, 2.45) is 15.2 Å². The molecule has 5 heteroatoms. The molecular weight excluding hydrogens is 264 g/mol. The van der Waals surface area contributed by atoms with Gasteiger partial charge in [-0.05, 0) is 12.8 Å². The molecule has 0 atom stereocenters. The quantitative estimate of drug-likeness (QED) is 0.725. The number of aliphatic imine (C=N–C) groups is 1. The number of nitrogens with zero attached hydrogens (tertiary/aromatic N) is 3. The maximum Gasteiger partial charge on any atom is 0.277 e. The molecule has 2 aliphatic rings. The Balaban J connectivity index is 1.92. The third-order valence-electron chi connectivity index (χ3n) is 4.13. The average molecular weight is 290 g/mol. The molecule has 1 heterocycles. The molecule has 0 radical (unpaired) electrons. The molecule has 0 unspecified atom stereocenters. The molecule has 1 amide bonds. The summed E-state index contributed by atoms with van der Waals surface area (Å²) in [4.78, 5) is 16.1. The van der Waals surface area contributed by atoms with Crippen LogP contribution in [0.1, 0.15) is 70.6 Å². The van der Waals surface area contributed by atoms with E-state index in [0.717, 1.165) is 12.8 Å². The van der Waals surface area contributed by atoms with Gasteiger partial charge in [-0.3, -0.25) is 10.1 Å². The summed E-state index contributed by atoms with van der Waals surface area (Å²) in [6, 6.07) is 0.255. The standard InChI is InChI=1S/C16H26N4O/c1-13-15(21)18-16(20-19-13)17-14-11-9-7-5-3-2-4-6-8-10-12-14/h14H,1-12H2,(H,17,18,21). The van der Waals surface area contributed by atoms with Crippen molar-refractivity contribution in [3.63, 3.8) is 0 Å². The number of hydrogen-bond acceptors (Lipinski definition) is 3. The van der Waals surface area contributed by atoms with Gasteiger partial charge in [0.25, 0.3) is 5.91 Å². The second-order valence-corrected chi connectivity index (χ2v) is 5.97. The van der Waals surface area contributed by atoms with Crippen LogP contribution < -0.4 is 5.32 Å². The number of hydrogen-bond donors (Lipinski definition) is 1. The number of amides is 1. The van der Waals surface area contributed by atoms with Gasteiger partial charge in [-0.15, -0.1) is 10.2 Å². The number of rotatable bonds is 1. The second kappa shape index (κ2) is 8.70. The van der Waals surface area contributed by atoms with Crippen molar-refractivity contribution in [1.29, 1.82) is 0 Å². The topological polar surface area (TPSA) is 66.2 Å². The predicted octanol–water partition coefficient (Wildman–Crippen LogP) is 4.11. The molecule has 1 aliphatic carbocycles. The van der Waals surface area contributed by atoms with Crippen LogP contribution in [0.5, 0.6) is 0 Å². The fourth-order valence-corrected chi connectivity index (χ4v) is 2.85. The second-order valence-electron chi connectivity index (χ2n) is 5.97. The summed E-state index contributed by atoms with van der Waals surface area (Å²) >= 11 is 0. The van der Waals surface area contributed by atoms with E-state index in [-0.39, 0.29) is 17.6 Å². The molecule has 0 saturated heterocycles. The molecular formula is C16H26N4O. The Labute approximate surface area is 127 Å². The van der Waals surface area contributed by atoms with E-state index in [1.165, 1.54) is 57.8 Å². The van der Waals surface area contributed by atoms with Crippen LogP contribution in [0.3, 0.4) is 0 Å². The van der Waals surface area contributed by atoms with Gasteiger partial charge in [0.1, 0.15) is 5.70 Å². The first kappa shape index (κ1) is 15.9. The first-order valence-corrected chi connectivity index (χ1v) is 8.25. The lowest BCUT2D eigenvalue weighted by atomic mass is 9.98. The third-order valence-corrected chi connectivity index (χ3v) is 4.13. The van der Waals surface area contributed by atoms with Gasteiger partial charge in [-0.1, -0.05) is 64.4 Å². The number of nitrogens with one attached hydrogen (secondary N) is 1. The Morgan fingerprint density at radius 1 is 0.905 bits per heavy atom. The number of carbonyl (C=O) groups excluding carboxylic acids is 1. The van der Waals surface area contributed by atoms with E-state index in [1.807, 2.05) is 0 Å². The van der Waals surface area contributed by atoms with Crippen molar-refractivity contribution in [2.45, 2.75) is 76.7 Å². The summed E-state index contributed by atoms with van der Waals surface area (Å²) in [7, 11) is 0. The Morgan fingerprint density at radius 2 is 1.43 bits per heavy atom. The van der Waals surface area contributed by atoms with Crippen molar-refractivity contribution in [1.82, 2.24) is 5.32 Å². The maximum absolute atomic E-state index is 11.5. The highest BCUT2D eigenvalue weighted by Crippen LogP contribution is 2.19. The van der Waals surface area contributed by atoms with Crippen molar-refractivity contribution in [3.05, 3.63) is 12.3 Å². The molecule has 0 aromatic carbocycles. The van der Waals surface area contributed by atoms with Crippen molar-refractivity contribution >= 4 is 11.9 Å². The van der Waals surface area contributed by atoms with Gasteiger partial charge in [0.2, 0.25) is 5.96 Å². The minimum Gasteiger partial charge on any atom is -0.288 e. The number of azo groups is 1. The van der Waals surface area contributed by atoms with Crippen LogP contribution in [0.2, 0.25) is 0 Å². The smallest absolute Gasteiger partial charge is 0.277 e. The highest BCUT2D eigenvalue weighted by Gasteiger charge is 2.17. The van der Waals surface area contributed by atoms with E-state index in [2.05, 4.69) is 27.1 Å². The van der Waals surface area contributed by atoms with Crippen molar-refractivity contribution in [3.8, 4) is 0 Å². The van der Waals surface area contributed by atoms with Gasteiger partial charge in [0.15, 0.2) is 0 Å². The van der Waals surface area contributed by atoms with E-state index >= 15 is 0 Å². The fraction of sp³-hybridized carbons (Fsp3) is 0.750. The van der Waals surface area contributed by atoms with E-state index in [4.69, 9.17) is 0 Å². The maximum atomic E-state index is 11.5. The molecule has 116 valence electrons. The summed E-state index contributed by atoms with van der Waals surface area (Å²) in [6.07, 6.45) is 13.9. The summed E-state index contributed by atoms with van der Waals surface area (Å²) in [5.74, 6) is 0.0569. The molecule has 1 saturated carbocycles. The Bertz CT molecular complexity index is 416.